The summed E-state index contributed by atoms with van der Waals surface area (Å²) in [4.78, 5) is 2.46. The van der Waals surface area contributed by atoms with E-state index in [4.69, 9.17) is 5.73 Å². The van der Waals surface area contributed by atoms with E-state index < -0.39 is 0 Å². The van der Waals surface area contributed by atoms with E-state index >= 15 is 0 Å². The SMILES string of the molecule is CC(N)C(c1ccccc1)N(C)C1CCC1. The molecule has 0 bridgehead atoms. The molecule has 0 radical (unpaired) electrons. The lowest BCUT2D eigenvalue weighted by atomic mass is 9.88. The van der Waals surface area contributed by atoms with E-state index in [9.17, 15) is 0 Å². The molecule has 0 aromatic heterocycles. The molecule has 2 heteroatoms. The van der Waals surface area contributed by atoms with Gasteiger partial charge in [0.2, 0.25) is 0 Å². The smallest absolute Gasteiger partial charge is 0.0496 e. The number of hydrogen-bond donors (Lipinski definition) is 1. The molecule has 0 spiro atoms. The van der Waals surface area contributed by atoms with Gasteiger partial charge < -0.3 is 5.73 Å². The number of likely N-dealkylation sites (N-methyl/N-ethyl adjacent to an activating group) is 1. The fraction of sp³-hybridized carbons (Fsp3) is 0.571. The largest absolute Gasteiger partial charge is 0.326 e. The van der Waals surface area contributed by atoms with Crippen LogP contribution in [-0.4, -0.2) is 24.0 Å². The van der Waals surface area contributed by atoms with Gasteiger partial charge in [-0.1, -0.05) is 36.8 Å². The van der Waals surface area contributed by atoms with Gasteiger partial charge in [0.15, 0.2) is 0 Å². The number of nitrogens with zero attached hydrogens (tertiary/aromatic N) is 1. The number of hydrogen-bond acceptors (Lipinski definition) is 2. The molecule has 1 aromatic rings. The van der Waals surface area contributed by atoms with E-state index in [2.05, 4.69) is 49.2 Å². The second kappa shape index (κ2) is 4.98. The Morgan fingerprint density at radius 2 is 1.88 bits per heavy atom. The zero-order valence-corrected chi connectivity index (χ0v) is 10.3. The van der Waals surface area contributed by atoms with Gasteiger partial charge in [0.1, 0.15) is 0 Å². The molecule has 88 valence electrons. The first-order valence-corrected chi connectivity index (χ1v) is 6.22. The lowest BCUT2D eigenvalue weighted by Crippen LogP contribution is -2.45. The number of benzene rings is 1. The molecule has 0 saturated heterocycles. The van der Waals surface area contributed by atoms with Crippen molar-refractivity contribution in [3.8, 4) is 0 Å². The third kappa shape index (κ3) is 2.28. The molecule has 1 saturated carbocycles. The fourth-order valence-electron chi connectivity index (χ4n) is 2.58. The van der Waals surface area contributed by atoms with Crippen molar-refractivity contribution in [2.24, 2.45) is 5.73 Å². The minimum Gasteiger partial charge on any atom is -0.326 e. The second-order valence-electron chi connectivity index (χ2n) is 4.96. The van der Waals surface area contributed by atoms with E-state index in [1.54, 1.807) is 0 Å². The first-order valence-electron chi connectivity index (χ1n) is 6.22. The summed E-state index contributed by atoms with van der Waals surface area (Å²) < 4.78 is 0. The summed E-state index contributed by atoms with van der Waals surface area (Å²) in [6, 6.07) is 11.9. The molecule has 16 heavy (non-hydrogen) atoms. The highest BCUT2D eigenvalue weighted by atomic mass is 15.2. The molecule has 0 aliphatic heterocycles. The van der Waals surface area contributed by atoms with E-state index in [-0.39, 0.29) is 6.04 Å². The molecule has 0 heterocycles. The molecular formula is C14H22N2. The summed E-state index contributed by atoms with van der Waals surface area (Å²) in [6.07, 6.45) is 4.02. The fourth-order valence-corrected chi connectivity index (χ4v) is 2.58. The third-order valence-corrected chi connectivity index (χ3v) is 3.73. The van der Waals surface area contributed by atoms with Gasteiger partial charge in [-0.25, -0.2) is 0 Å². The topological polar surface area (TPSA) is 29.3 Å². The molecule has 2 rings (SSSR count). The zero-order valence-electron chi connectivity index (χ0n) is 10.3. The number of rotatable bonds is 4. The Morgan fingerprint density at radius 3 is 2.31 bits per heavy atom. The van der Waals surface area contributed by atoms with Crippen LogP contribution >= 0.6 is 0 Å². The molecule has 2 atom stereocenters. The molecule has 1 aliphatic rings. The molecule has 1 aromatic carbocycles. The van der Waals surface area contributed by atoms with Crippen LogP contribution in [0.1, 0.15) is 37.8 Å². The van der Waals surface area contributed by atoms with Crippen molar-refractivity contribution in [3.63, 3.8) is 0 Å². The van der Waals surface area contributed by atoms with Gasteiger partial charge in [0, 0.05) is 18.1 Å². The van der Waals surface area contributed by atoms with Crippen LogP contribution in [-0.2, 0) is 0 Å². The summed E-state index contributed by atoms with van der Waals surface area (Å²) in [5.41, 5.74) is 7.48. The van der Waals surface area contributed by atoms with Crippen molar-refractivity contribution in [3.05, 3.63) is 35.9 Å². The van der Waals surface area contributed by atoms with Gasteiger partial charge in [-0.3, -0.25) is 4.90 Å². The highest BCUT2D eigenvalue weighted by Crippen LogP contribution is 2.32. The Kier molecular flexibility index (Phi) is 3.62. The monoisotopic (exact) mass is 218 g/mol. The van der Waals surface area contributed by atoms with Crippen molar-refractivity contribution < 1.29 is 0 Å². The highest BCUT2D eigenvalue weighted by Gasteiger charge is 2.30. The maximum absolute atomic E-state index is 6.14. The number of nitrogens with two attached hydrogens (primary N) is 1. The van der Waals surface area contributed by atoms with Gasteiger partial charge in [-0.15, -0.1) is 0 Å². The van der Waals surface area contributed by atoms with Crippen LogP contribution in [0.4, 0.5) is 0 Å². The first-order chi connectivity index (χ1) is 7.70. The van der Waals surface area contributed by atoms with Crippen molar-refractivity contribution in [2.45, 2.75) is 44.3 Å². The normalized spacial score (nSPS) is 20.5. The van der Waals surface area contributed by atoms with Crippen molar-refractivity contribution >= 4 is 0 Å². The van der Waals surface area contributed by atoms with Gasteiger partial charge in [-0.2, -0.15) is 0 Å². The molecule has 2 unspecified atom stereocenters. The van der Waals surface area contributed by atoms with Crippen LogP contribution in [0.15, 0.2) is 30.3 Å². The standard InChI is InChI=1S/C14H22N2/c1-11(15)14(12-7-4-3-5-8-12)16(2)13-9-6-10-13/h3-5,7-8,11,13-14H,6,9-10,15H2,1-2H3. The summed E-state index contributed by atoms with van der Waals surface area (Å²) in [5, 5.41) is 0. The second-order valence-corrected chi connectivity index (χ2v) is 4.96. The van der Waals surface area contributed by atoms with Crippen LogP contribution < -0.4 is 5.73 Å². The maximum Gasteiger partial charge on any atom is 0.0496 e. The minimum absolute atomic E-state index is 0.174. The van der Waals surface area contributed by atoms with E-state index in [1.165, 1.54) is 24.8 Å². The van der Waals surface area contributed by atoms with Crippen LogP contribution in [0.2, 0.25) is 0 Å². The van der Waals surface area contributed by atoms with Crippen molar-refractivity contribution in [1.29, 1.82) is 0 Å². The van der Waals surface area contributed by atoms with E-state index in [1.807, 2.05) is 0 Å². The van der Waals surface area contributed by atoms with Crippen LogP contribution in [0.25, 0.3) is 0 Å². The molecular weight excluding hydrogens is 196 g/mol. The lowest BCUT2D eigenvalue weighted by molar-refractivity contribution is 0.0979. The van der Waals surface area contributed by atoms with E-state index in [0.717, 1.165) is 6.04 Å². The van der Waals surface area contributed by atoms with E-state index in [0.29, 0.717) is 6.04 Å². The first kappa shape index (κ1) is 11.6. The van der Waals surface area contributed by atoms with Gasteiger partial charge in [-0.05, 0) is 32.4 Å². The van der Waals surface area contributed by atoms with Gasteiger partial charge in [0.25, 0.3) is 0 Å². The van der Waals surface area contributed by atoms with Crippen LogP contribution in [0.3, 0.4) is 0 Å². The molecule has 2 N–H and O–H groups in total. The lowest BCUT2D eigenvalue weighted by Gasteiger charge is -2.41. The van der Waals surface area contributed by atoms with Crippen LogP contribution in [0, 0.1) is 0 Å². The Morgan fingerprint density at radius 1 is 1.25 bits per heavy atom. The zero-order chi connectivity index (χ0) is 11.5. The van der Waals surface area contributed by atoms with Gasteiger partial charge in [0.05, 0.1) is 0 Å². The van der Waals surface area contributed by atoms with Crippen LogP contribution in [0.5, 0.6) is 0 Å². The minimum atomic E-state index is 0.174. The summed E-state index contributed by atoms with van der Waals surface area (Å²) in [5.74, 6) is 0. The Labute approximate surface area is 98.4 Å². The van der Waals surface area contributed by atoms with Crippen molar-refractivity contribution in [1.82, 2.24) is 4.90 Å². The Balaban J connectivity index is 2.16. The Bertz CT molecular complexity index is 317. The quantitative estimate of drug-likeness (QED) is 0.841. The van der Waals surface area contributed by atoms with Gasteiger partial charge >= 0.3 is 0 Å². The average Bonchev–Trinajstić information content (AvgIpc) is 2.16. The predicted molar refractivity (Wildman–Crippen MR) is 68.2 cm³/mol. The maximum atomic E-state index is 6.14. The highest BCUT2D eigenvalue weighted by molar-refractivity contribution is 5.20. The molecule has 1 aliphatic carbocycles. The Hall–Kier alpha value is -0.860. The molecule has 2 nitrogen and oxygen atoms in total. The third-order valence-electron chi connectivity index (χ3n) is 3.73. The molecule has 0 amide bonds. The summed E-state index contributed by atoms with van der Waals surface area (Å²) >= 11 is 0. The predicted octanol–water partition coefficient (Wildman–Crippen LogP) is 2.56. The molecule has 1 fully saturated rings. The summed E-state index contributed by atoms with van der Waals surface area (Å²) in [7, 11) is 2.21. The van der Waals surface area contributed by atoms with Crippen molar-refractivity contribution in [2.75, 3.05) is 7.05 Å². The average molecular weight is 218 g/mol. The summed E-state index contributed by atoms with van der Waals surface area (Å²) in [6.45, 7) is 2.10.